The molecule has 0 aliphatic carbocycles. The van der Waals surface area contributed by atoms with Gasteiger partial charge in [-0.05, 0) is 38.5 Å². The van der Waals surface area contributed by atoms with Gasteiger partial charge in [0.2, 0.25) is 0 Å². The fraction of sp³-hybridized carbons (Fsp3) is 0.278. The summed E-state index contributed by atoms with van der Waals surface area (Å²) in [4.78, 5) is 28.0. The fourth-order valence-electron chi connectivity index (χ4n) is 1.97. The molecule has 1 aromatic carbocycles. The molecular weight excluding hydrogens is 292 g/mol. The van der Waals surface area contributed by atoms with Gasteiger partial charge in [-0.1, -0.05) is 30.3 Å². The number of Topliss-reactive ketones (excluding diaryl/α,β-unsaturated/α-hetero) is 1. The highest BCUT2D eigenvalue weighted by Crippen LogP contribution is 2.13. The molecule has 1 amide bonds. The van der Waals surface area contributed by atoms with E-state index in [2.05, 4.69) is 10.3 Å². The number of carbonyl (C=O) groups excluding carboxylic acids is 2. The van der Waals surface area contributed by atoms with E-state index in [1.54, 1.807) is 51.2 Å². The van der Waals surface area contributed by atoms with Gasteiger partial charge < -0.3 is 4.74 Å². The van der Waals surface area contributed by atoms with E-state index in [1.165, 1.54) is 0 Å². The standard InChI is InChI=1S/C18H20N2O3/c1-18(2,3)23-17(22)20-16-12-13(9-10-19-16)11-15(21)14-7-5-4-6-8-14/h4-10,12H,11H2,1-3H3,(H,19,20,22). The maximum absolute atomic E-state index is 12.2. The first-order valence-electron chi connectivity index (χ1n) is 7.37. The van der Waals surface area contributed by atoms with Crippen LogP contribution in [0.1, 0.15) is 36.7 Å². The molecule has 1 N–H and O–H groups in total. The van der Waals surface area contributed by atoms with Gasteiger partial charge in [-0.3, -0.25) is 10.1 Å². The third-order valence-electron chi connectivity index (χ3n) is 2.91. The predicted octanol–water partition coefficient (Wildman–Crippen LogP) is 3.85. The summed E-state index contributed by atoms with van der Waals surface area (Å²) in [6.45, 7) is 5.36. The molecule has 0 atom stereocenters. The third-order valence-corrected chi connectivity index (χ3v) is 2.91. The van der Waals surface area contributed by atoms with E-state index in [9.17, 15) is 9.59 Å². The number of carbonyl (C=O) groups is 2. The molecule has 5 heteroatoms. The summed E-state index contributed by atoms with van der Waals surface area (Å²) in [7, 11) is 0. The molecule has 1 aromatic heterocycles. The summed E-state index contributed by atoms with van der Waals surface area (Å²) in [5.74, 6) is 0.373. The van der Waals surface area contributed by atoms with Crippen molar-refractivity contribution in [3.63, 3.8) is 0 Å². The van der Waals surface area contributed by atoms with Gasteiger partial charge >= 0.3 is 6.09 Å². The molecular formula is C18H20N2O3. The van der Waals surface area contributed by atoms with Gasteiger partial charge in [0.25, 0.3) is 0 Å². The Balaban J connectivity index is 2.02. The summed E-state index contributed by atoms with van der Waals surface area (Å²) in [5, 5.41) is 2.57. The van der Waals surface area contributed by atoms with Crippen molar-refractivity contribution in [2.24, 2.45) is 0 Å². The molecule has 2 aromatic rings. The van der Waals surface area contributed by atoms with E-state index in [-0.39, 0.29) is 12.2 Å². The van der Waals surface area contributed by atoms with Gasteiger partial charge in [0, 0.05) is 18.2 Å². The van der Waals surface area contributed by atoms with Crippen LogP contribution in [-0.4, -0.2) is 22.5 Å². The number of ether oxygens (including phenoxy) is 1. The fourth-order valence-corrected chi connectivity index (χ4v) is 1.97. The van der Waals surface area contributed by atoms with Crippen molar-refractivity contribution in [3.8, 4) is 0 Å². The second kappa shape index (κ2) is 7.05. The number of hydrogen-bond donors (Lipinski definition) is 1. The molecule has 5 nitrogen and oxygen atoms in total. The van der Waals surface area contributed by atoms with Gasteiger partial charge in [-0.15, -0.1) is 0 Å². The molecule has 0 aliphatic heterocycles. The van der Waals surface area contributed by atoms with Crippen LogP contribution in [0.4, 0.5) is 10.6 Å². The van der Waals surface area contributed by atoms with Crippen LogP contribution < -0.4 is 5.32 Å². The minimum absolute atomic E-state index is 0.0139. The molecule has 0 unspecified atom stereocenters. The number of pyridine rings is 1. The number of nitrogens with one attached hydrogen (secondary N) is 1. The Hall–Kier alpha value is -2.69. The maximum atomic E-state index is 12.2. The van der Waals surface area contributed by atoms with Crippen molar-refractivity contribution in [1.29, 1.82) is 0 Å². The summed E-state index contributed by atoms with van der Waals surface area (Å²) < 4.78 is 5.17. The van der Waals surface area contributed by atoms with Crippen LogP contribution in [0.25, 0.3) is 0 Å². The lowest BCUT2D eigenvalue weighted by Crippen LogP contribution is -2.27. The van der Waals surface area contributed by atoms with Crippen molar-refractivity contribution in [3.05, 3.63) is 59.8 Å². The second-order valence-electron chi connectivity index (χ2n) is 6.14. The number of benzene rings is 1. The largest absolute Gasteiger partial charge is 0.444 e. The van der Waals surface area contributed by atoms with Crippen LogP contribution in [0.5, 0.6) is 0 Å². The SMILES string of the molecule is CC(C)(C)OC(=O)Nc1cc(CC(=O)c2ccccc2)ccn1. The first-order valence-corrected chi connectivity index (χ1v) is 7.37. The second-order valence-corrected chi connectivity index (χ2v) is 6.14. The van der Waals surface area contributed by atoms with E-state index < -0.39 is 11.7 Å². The Kier molecular flexibility index (Phi) is 5.11. The van der Waals surface area contributed by atoms with Gasteiger partial charge in [-0.2, -0.15) is 0 Å². The average molecular weight is 312 g/mol. The van der Waals surface area contributed by atoms with E-state index in [4.69, 9.17) is 4.74 Å². The Bertz CT molecular complexity index is 691. The molecule has 0 saturated heterocycles. The average Bonchev–Trinajstić information content (AvgIpc) is 2.46. The van der Waals surface area contributed by atoms with Crippen LogP contribution in [0, 0.1) is 0 Å². The first-order chi connectivity index (χ1) is 10.8. The van der Waals surface area contributed by atoms with Crippen molar-refractivity contribution >= 4 is 17.7 Å². The highest BCUT2D eigenvalue weighted by Gasteiger charge is 2.16. The lowest BCUT2D eigenvalue weighted by molar-refractivity contribution is 0.0635. The topological polar surface area (TPSA) is 68.3 Å². The van der Waals surface area contributed by atoms with E-state index >= 15 is 0 Å². The molecule has 23 heavy (non-hydrogen) atoms. The number of anilines is 1. The van der Waals surface area contributed by atoms with Gasteiger partial charge in [0.05, 0.1) is 0 Å². The lowest BCUT2D eigenvalue weighted by atomic mass is 10.0. The predicted molar refractivity (Wildman–Crippen MR) is 88.6 cm³/mol. The molecule has 1 heterocycles. The van der Waals surface area contributed by atoms with Crippen LogP contribution in [0.2, 0.25) is 0 Å². The van der Waals surface area contributed by atoms with Gasteiger partial charge in [0.1, 0.15) is 11.4 Å². The molecule has 0 fully saturated rings. The monoisotopic (exact) mass is 312 g/mol. The zero-order chi connectivity index (χ0) is 16.9. The van der Waals surface area contributed by atoms with Crippen LogP contribution in [-0.2, 0) is 11.2 Å². The zero-order valence-electron chi connectivity index (χ0n) is 13.5. The smallest absolute Gasteiger partial charge is 0.413 e. The molecule has 0 bridgehead atoms. The van der Waals surface area contributed by atoms with Gasteiger partial charge in [0.15, 0.2) is 5.78 Å². The Morgan fingerprint density at radius 3 is 2.48 bits per heavy atom. The molecule has 0 aliphatic rings. The van der Waals surface area contributed by atoms with Gasteiger partial charge in [-0.25, -0.2) is 9.78 Å². The van der Waals surface area contributed by atoms with E-state index in [0.717, 1.165) is 5.56 Å². The molecule has 0 radical (unpaired) electrons. The van der Waals surface area contributed by atoms with Crippen molar-refractivity contribution in [2.75, 3.05) is 5.32 Å². The quantitative estimate of drug-likeness (QED) is 0.871. The lowest BCUT2D eigenvalue weighted by Gasteiger charge is -2.19. The molecule has 2 rings (SSSR count). The number of ketones is 1. The summed E-state index contributed by atoms with van der Waals surface area (Å²) in [5.41, 5.74) is 0.858. The highest BCUT2D eigenvalue weighted by molar-refractivity contribution is 5.97. The highest BCUT2D eigenvalue weighted by atomic mass is 16.6. The van der Waals surface area contributed by atoms with E-state index in [1.807, 2.05) is 18.2 Å². The van der Waals surface area contributed by atoms with Crippen molar-refractivity contribution in [2.45, 2.75) is 32.8 Å². The molecule has 0 spiro atoms. The number of amides is 1. The third kappa shape index (κ3) is 5.54. The normalized spacial score (nSPS) is 10.9. The molecule has 0 saturated carbocycles. The Morgan fingerprint density at radius 1 is 1.13 bits per heavy atom. The minimum Gasteiger partial charge on any atom is -0.444 e. The Labute approximate surface area is 135 Å². The first kappa shape index (κ1) is 16.7. The summed E-state index contributed by atoms with van der Waals surface area (Å²) in [6.07, 6.45) is 1.23. The summed E-state index contributed by atoms with van der Waals surface area (Å²) >= 11 is 0. The number of nitrogens with zero attached hydrogens (tertiary/aromatic N) is 1. The minimum atomic E-state index is -0.578. The zero-order valence-corrected chi connectivity index (χ0v) is 13.5. The van der Waals surface area contributed by atoms with Crippen LogP contribution in [0.3, 0.4) is 0 Å². The number of hydrogen-bond acceptors (Lipinski definition) is 4. The van der Waals surface area contributed by atoms with Crippen molar-refractivity contribution in [1.82, 2.24) is 4.98 Å². The van der Waals surface area contributed by atoms with Crippen molar-refractivity contribution < 1.29 is 14.3 Å². The van der Waals surface area contributed by atoms with E-state index in [0.29, 0.717) is 11.4 Å². The number of aromatic nitrogens is 1. The number of rotatable bonds is 4. The van der Waals surface area contributed by atoms with Crippen LogP contribution >= 0.6 is 0 Å². The summed E-state index contributed by atoms with van der Waals surface area (Å²) in [6, 6.07) is 12.5. The Morgan fingerprint density at radius 2 is 1.83 bits per heavy atom. The maximum Gasteiger partial charge on any atom is 0.413 e. The molecule has 120 valence electrons. The van der Waals surface area contributed by atoms with Crippen LogP contribution in [0.15, 0.2) is 48.7 Å².